The van der Waals surface area contributed by atoms with Crippen molar-refractivity contribution in [2.45, 2.75) is 13.8 Å². The van der Waals surface area contributed by atoms with Crippen LogP contribution in [0.5, 0.6) is 11.5 Å². The zero-order valence-corrected chi connectivity index (χ0v) is 11.5. The van der Waals surface area contributed by atoms with Crippen molar-refractivity contribution >= 4 is 11.4 Å². The molecule has 0 bridgehead atoms. The van der Waals surface area contributed by atoms with Crippen LogP contribution < -0.4 is 10.4 Å². The highest BCUT2D eigenvalue weighted by molar-refractivity contribution is 6.02. The fraction of sp³-hybridized carbons (Fsp3) is 0.200. The average molecular weight is 273 g/mol. The Kier molecular flexibility index (Phi) is 3.89. The van der Waals surface area contributed by atoms with Gasteiger partial charge in [0.15, 0.2) is 0 Å². The number of aromatic hydroxyl groups is 1. The molecule has 20 heavy (non-hydrogen) atoms. The number of aliphatic imine (C=N–C) groups is 1. The van der Waals surface area contributed by atoms with Crippen molar-refractivity contribution in [1.82, 2.24) is 0 Å². The summed E-state index contributed by atoms with van der Waals surface area (Å²) in [4.78, 5) is 16.1. The van der Waals surface area contributed by atoms with E-state index >= 15 is 0 Å². The van der Waals surface area contributed by atoms with Gasteiger partial charge in [-0.1, -0.05) is 6.07 Å². The van der Waals surface area contributed by atoms with Crippen LogP contribution in [0.15, 0.2) is 44.5 Å². The molecule has 0 aliphatic rings. The van der Waals surface area contributed by atoms with Gasteiger partial charge >= 0.3 is 5.63 Å². The lowest BCUT2D eigenvalue weighted by atomic mass is 10.1. The first-order valence-corrected chi connectivity index (χ1v) is 6.04. The fourth-order valence-electron chi connectivity index (χ4n) is 1.86. The number of hydrogen-bond donors (Lipinski definition) is 1. The summed E-state index contributed by atoms with van der Waals surface area (Å²) >= 11 is 0. The molecule has 1 aromatic heterocycles. The molecule has 0 unspecified atom stereocenters. The largest absolute Gasteiger partial charge is 0.507 e. The highest BCUT2D eigenvalue weighted by Gasteiger charge is 2.12. The predicted octanol–water partition coefficient (Wildman–Crippen LogP) is 2.80. The summed E-state index contributed by atoms with van der Waals surface area (Å²) in [6.07, 6.45) is 0. The second-order valence-corrected chi connectivity index (χ2v) is 4.30. The minimum absolute atomic E-state index is 0.0680. The van der Waals surface area contributed by atoms with Gasteiger partial charge in [0.2, 0.25) is 0 Å². The Morgan fingerprint density at radius 1 is 1.35 bits per heavy atom. The summed E-state index contributed by atoms with van der Waals surface area (Å²) in [5.74, 6) is 0.882. The van der Waals surface area contributed by atoms with Crippen molar-refractivity contribution in [2.75, 3.05) is 7.11 Å². The van der Waals surface area contributed by atoms with Gasteiger partial charge in [-0.15, -0.1) is 0 Å². The second-order valence-electron chi connectivity index (χ2n) is 4.30. The lowest BCUT2D eigenvalue weighted by molar-refractivity contribution is 0.415. The van der Waals surface area contributed by atoms with Gasteiger partial charge in [0.1, 0.15) is 22.8 Å². The smallest absolute Gasteiger partial charge is 0.348 e. The maximum atomic E-state index is 11.8. The van der Waals surface area contributed by atoms with E-state index in [1.807, 2.05) is 0 Å². The third kappa shape index (κ3) is 2.88. The number of rotatable bonds is 3. The molecular formula is C15H15NO4. The summed E-state index contributed by atoms with van der Waals surface area (Å²) in [6.45, 7) is 3.24. The lowest BCUT2D eigenvalue weighted by Gasteiger charge is -2.04. The standard InChI is InChI=1S/C15H15NO4/c1-9-7-13(17)14(15(18)20-9)10(2)16-11-5-4-6-12(8-11)19-3/h4-8,17H,1-3H3. The first kappa shape index (κ1) is 13.9. The van der Waals surface area contributed by atoms with Crippen LogP contribution in [0, 0.1) is 6.92 Å². The Balaban J connectivity index is 2.47. The Bertz CT molecular complexity index is 716. The minimum atomic E-state index is -0.605. The van der Waals surface area contributed by atoms with Crippen molar-refractivity contribution in [1.29, 1.82) is 0 Å². The monoisotopic (exact) mass is 273 g/mol. The quantitative estimate of drug-likeness (QED) is 0.873. The van der Waals surface area contributed by atoms with Crippen LogP contribution in [-0.4, -0.2) is 17.9 Å². The predicted molar refractivity (Wildman–Crippen MR) is 76.2 cm³/mol. The van der Waals surface area contributed by atoms with Gasteiger partial charge in [0, 0.05) is 12.1 Å². The van der Waals surface area contributed by atoms with Crippen LogP contribution in [0.4, 0.5) is 5.69 Å². The molecule has 0 spiro atoms. The molecule has 5 nitrogen and oxygen atoms in total. The van der Waals surface area contributed by atoms with E-state index in [4.69, 9.17) is 9.15 Å². The molecule has 0 saturated carbocycles. The van der Waals surface area contributed by atoms with E-state index in [0.29, 0.717) is 22.9 Å². The summed E-state index contributed by atoms with van der Waals surface area (Å²) < 4.78 is 10.1. The normalized spacial score (nSPS) is 11.4. The third-order valence-electron chi connectivity index (χ3n) is 2.77. The number of benzene rings is 1. The molecule has 1 aromatic carbocycles. The van der Waals surface area contributed by atoms with Crippen LogP contribution in [-0.2, 0) is 0 Å². The van der Waals surface area contributed by atoms with Gasteiger partial charge < -0.3 is 14.3 Å². The average Bonchev–Trinajstić information content (AvgIpc) is 2.37. The van der Waals surface area contributed by atoms with Crippen molar-refractivity contribution in [3.05, 3.63) is 52.1 Å². The molecule has 0 amide bonds. The molecule has 0 fully saturated rings. The Labute approximate surface area is 116 Å². The highest BCUT2D eigenvalue weighted by Crippen LogP contribution is 2.22. The highest BCUT2D eigenvalue weighted by atomic mass is 16.5. The molecule has 0 radical (unpaired) electrons. The molecule has 2 aromatic rings. The van der Waals surface area contributed by atoms with E-state index in [1.165, 1.54) is 6.07 Å². The molecule has 1 heterocycles. The molecule has 0 saturated heterocycles. The topological polar surface area (TPSA) is 72.0 Å². The molecule has 0 aliphatic carbocycles. The van der Waals surface area contributed by atoms with Crippen molar-refractivity contribution in [3.63, 3.8) is 0 Å². The molecule has 104 valence electrons. The maximum absolute atomic E-state index is 11.8. The molecule has 1 N–H and O–H groups in total. The number of nitrogens with zero attached hydrogens (tertiary/aromatic N) is 1. The molecule has 2 rings (SSSR count). The zero-order chi connectivity index (χ0) is 14.7. The molecule has 0 atom stereocenters. The van der Waals surface area contributed by atoms with E-state index in [2.05, 4.69) is 4.99 Å². The van der Waals surface area contributed by atoms with Crippen LogP contribution >= 0.6 is 0 Å². The van der Waals surface area contributed by atoms with Gasteiger partial charge in [-0.2, -0.15) is 0 Å². The van der Waals surface area contributed by atoms with E-state index in [-0.39, 0.29) is 11.3 Å². The minimum Gasteiger partial charge on any atom is -0.507 e. The molecule has 0 aliphatic heterocycles. The second kappa shape index (κ2) is 5.61. The number of hydrogen-bond acceptors (Lipinski definition) is 5. The van der Waals surface area contributed by atoms with Crippen molar-refractivity contribution in [3.8, 4) is 11.5 Å². The van der Waals surface area contributed by atoms with Crippen LogP contribution in [0.25, 0.3) is 0 Å². The van der Waals surface area contributed by atoms with Gasteiger partial charge in [-0.25, -0.2) is 4.79 Å². The van der Waals surface area contributed by atoms with Gasteiger partial charge in [-0.3, -0.25) is 4.99 Å². The number of methoxy groups -OCH3 is 1. The third-order valence-corrected chi connectivity index (χ3v) is 2.77. The van der Waals surface area contributed by atoms with E-state index < -0.39 is 5.63 Å². The molecular weight excluding hydrogens is 258 g/mol. The van der Waals surface area contributed by atoms with Crippen LogP contribution in [0.1, 0.15) is 18.2 Å². The first-order valence-electron chi connectivity index (χ1n) is 6.04. The van der Waals surface area contributed by atoms with Gasteiger partial charge in [0.05, 0.1) is 18.5 Å². The Morgan fingerprint density at radius 3 is 2.75 bits per heavy atom. The van der Waals surface area contributed by atoms with Gasteiger partial charge in [-0.05, 0) is 26.0 Å². The van der Waals surface area contributed by atoms with Crippen molar-refractivity contribution < 1.29 is 14.3 Å². The summed E-state index contributed by atoms with van der Waals surface area (Å²) in [5.41, 5.74) is 0.468. The SMILES string of the molecule is COc1cccc(N=C(C)c2c(O)cc(C)oc2=O)c1. The van der Waals surface area contributed by atoms with Crippen LogP contribution in [0.2, 0.25) is 0 Å². The lowest BCUT2D eigenvalue weighted by Crippen LogP contribution is -2.12. The summed E-state index contributed by atoms with van der Waals surface area (Å²) in [5, 5.41) is 9.86. The molecule has 5 heteroatoms. The zero-order valence-electron chi connectivity index (χ0n) is 11.5. The van der Waals surface area contributed by atoms with E-state index in [1.54, 1.807) is 45.2 Å². The van der Waals surface area contributed by atoms with E-state index in [9.17, 15) is 9.90 Å². The Morgan fingerprint density at radius 2 is 2.10 bits per heavy atom. The first-order chi connectivity index (χ1) is 9.51. The van der Waals surface area contributed by atoms with Crippen LogP contribution in [0.3, 0.4) is 0 Å². The maximum Gasteiger partial charge on any atom is 0.348 e. The van der Waals surface area contributed by atoms with Crippen molar-refractivity contribution in [2.24, 2.45) is 4.99 Å². The summed E-state index contributed by atoms with van der Waals surface area (Å²) in [7, 11) is 1.57. The number of aryl methyl sites for hydroxylation is 1. The number of ether oxygens (including phenoxy) is 1. The fourth-order valence-corrected chi connectivity index (χ4v) is 1.86. The Hall–Kier alpha value is -2.56. The van der Waals surface area contributed by atoms with Gasteiger partial charge in [0.25, 0.3) is 0 Å². The summed E-state index contributed by atoms with van der Waals surface area (Å²) in [6, 6.07) is 8.49. The van der Waals surface area contributed by atoms with E-state index in [0.717, 1.165) is 0 Å².